The van der Waals surface area contributed by atoms with Crippen LogP contribution in [0.15, 0.2) is 54.7 Å². The number of carbonyl (C=O) groups is 1. The van der Waals surface area contributed by atoms with Gasteiger partial charge < -0.3 is 37.5 Å². The number of aromatic nitrogens is 1. The van der Waals surface area contributed by atoms with E-state index in [1.807, 2.05) is 45.2 Å². The van der Waals surface area contributed by atoms with Gasteiger partial charge >= 0.3 is 21.1 Å². The first-order chi connectivity index (χ1) is 12.1. The third-order valence-corrected chi connectivity index (χ3v) is 3.17. The fourth-order valence-electron chi connectivity index (χ4n) is 2.24. The number of fused-ring (bicyclic) bond motifs is 3. The molecule has 10 heteroatoms. The van der Waals surface area contributed by atoms with Gasteiger partial charge in [0.05, 0.1) is 10.6 Å². The molecule has 0 atom stereocenters. The monoisotopic (exact) mass is 583 g/mol. The van der Waals surface area contributed by atoms with Crippen LogP contribution in [0.4, 0.5) is 0 Å². The second-order valence-corrected chi connectivity index (χ2v) is 6.70. The van der Waals surface area contributed by atoms with Crippen LogP contribution in [0.1, 0.15) is 27.2 Å². The number of pyridine rings is 1. The van der Waals surface area contributed by atoms with Crippen molar-refractivity contribution < 1.29 is 36.1 Å². The van der Waals surface area contributed by atoms with E-state index in [4.69, 9.17) is 15.3 Å². The molecule has 9 nitrogen and oxygen atoms in total. The Morgan fingerprint density at radius 1 is 0.966 bits per heavy atom. The maximum atomic E-state index is 9.90. The normalized spacial score (nSPS) is 9.21. The Kier molecular flexibility index (Phi) is 15.4. The number of benzene rings is 2. The van der Waals surface area contributed by atoms with Crippen molar-refractivity contribution in [1.29, 1.82) is 0 Å². The maximum Gasteiger partial charge on any atom is 4.00 e. The van der Waals surface area contributed by atoms with Crippen molar-refractivity contribution in [2.75, 3.05) is 0 Å². The van der Waals surface area contributed by atoms with Crippen molar-refractivity contribution in [3.05, 3.63) is 82.4 Å². The molecule has 0 saturated heterocycles. The van der Waals surface area contributed by atoms with E-state index in [0.29, 0.717) is 0 Å². The standard InChI is InChI=1S/C13H9N.C6H12O2.NO3.2H2N.Pt/c1-2-6-11-10(5-1)9-14-13-8-4-3-7-12(11)13;1-6(2,3)4-5(7)8;2-1(3)4;;;/h1-9H;4H2,1-3H3,(H,7,8);;2*1H2;/q;;3*-1;+4/p-1. The SMILES string of the molecule is CC(C)(C)CC(=O)[O-].O=[N+]([O-])[O-].[NH2-].[NH2-].[Pt+4].c1ccc2c(c1)cnc1ccccc12. The van der Waals surface area contributed by atoms with Gasteiger partial charge in [-0.15, -0.1) is 0 Å². The van der Waals surface area contributed by atoms with E-state index in [1.54, 1.807) is 0 Å². The average molecular weight is 584 g/mol. The summed E-state index contributed by atoms with van der Waals surface area (Å²) in [7, 11) is 0. The molecule has 3 aromatic rings. The third-order valence-electron chi connectivity index (χ3n) is 3.17. The molecular formula is C19H24N4O5Pt. The molecule has 29 heavy (non-hydrogen) atoms. The van der Waals surface area contributed by atoms with Gasteiger partial charge in [-0.05, 0) is 23.3 Å². The molecule has 4 N–H and O–H groups in total. The van der Waals surface area contributed by atoms with Gasteiger partial charge in [-0.1, -0.05) is 63.2 Å². The molecule has 0 saturated carbocycles. The van der Waals surface area contributed by atoms with E-state index in [2.05, 4.69) is 35.3 Å². The number of carboxylic acid groups (broad SMARTS) is 1. The van der Waals surface area contributed by atoms with Crippen LogP contribution in [0.25, 0.3) is 34.0 Å². The molecule has 1 heterocycles. The summed E-state index contributed by atoms with van der Waals surface area (Å²) in [6, 6.07) is 16.6. The van der Waals surface area contributed by atoms with Crippen molar-refractivity contribution >= 4 is 27.6 Å². The number of hydrogen-bond donors (Lipinski definition) is 0. The molecule has 0 spiro atoms. The summed E-state index contributed by atoms with van der Waals surface area (Å²) < 4.78 is 0. The molecule has 0 aliphatic carbocycles. The van der Waals surface area contributed by atoms with Gasteiger partial charge in [0.1, 0.15) is 0 Å². The minimum absolute atomic E-state index is 0. The van der Waals surface area contributed by atoms with Gasteiger partial charge in [0.2, 0.25) is 0 Å². The van der Waals surface area contributed by atoms with E-state index in [9.17, 15) is 9.90 Å². The van der Waals surface area contributed by atoms with Crippen LogP contribution in [-0.2, 0) is 25.9 Å². The summed E-state index contributed by atoms with van der Waals surface area (Å²) in [5.41, 5.74) is 0.921. The number of nitrogens with zero attached hydrogens (tertiary/aromatic N) is 2. The zero-order chi connectivity index (χ0) is 19.7. The number of carboxylic acids is 1. The van der Waals surface area contributed by atoms with E-state index >= 15 is 0 Å². The molecule has 0 bridgehead atoms. The topological polar surface area (TPSA) is 186 Å². The quantitative estimate of drug-likeness (QED) is 0.226. The van der Waals surface area contributed by atoms with Crippen molar-refractivity contribution in [2.45, 2.75) is 27.2 Å². The number of aliphatic carboxylic acids is 1. The largest absolute Gasteiger partial charge is 4.00 e. The van der Waals surface area contributed by atoms with Gasteiger partial charge in [0.25, 0.3) is 0 Å². The molecule has 0 fully saturated rings. The minimum atomic E-state index is -1.75. The molecule has 0 aliphatic rings. The van der Waals surface area contributed by atoms with Gasteiger partial charge in [0.15, 0.2) is 0 Å². The second kappa shape index (κ2) is 14.4. The van der Waals surface area contributed by atoms with Gasteiger partial charge in [-0.25, -0.2) is 0 Å². The van der Waals surface area contributed by atoms with Gasteiger partial charge in [0, 0.05) is 22.9 Å². The zero-order valence-electron chi connectivity index (χ0n) is 16.3. The Hall–Kier alpha value is -2.61. The predicted octanol–water partition coefficient (Wildman–Crippen LogP) is 4.75. The molecule has 0 aliphatic heterocycles. The summed E-state index contributed by atoms with van der Waals surface area (Å²) in [5.74, 6) is -0.975. The third kappa shape index (κ3) is 12.5. The fraction of sp³-hybridized carbons (Fsp3) is 0.263. The molecule has 3 rings (SSSR count). The average Bonchev–Trinajstić information content (AvgIpc) is 2.52. The molecule has 0 amide bonds. The van der Waals surface area contributed by atoms with Crippen molar-refractivity contribution in [1.82, 2.24) is 4.98 Å². The maximum absolute atomic E-state index is 9.90. The van der Waals surface area contributed by atoms with Crippen LogP contribution in [0.2, 0.25) is 0 Å². The number of rotatable bonds is 1. The van der Waals surface area contributed by atoms with Crippen LogP contribution < -0.4 is 5.11 Å². The molecular weight excluding hydrogens is 559 g/mol. The van der Waals surface area contributed by atoms with E-state index in [1.165, 1.54) is 16.2 Å². The van der Waals surface area contributed by atoms with Crippen molar-refractivity contribution in [3.63, 3.8) is 0 Å². The Bertz CT molecular complexity index is 842. The smallest absolute Gasteiger partial charge is 0.693 e. The van der Waals surface area contributed by atoms with Crippen molar-refractivity contribution in [2.24, 2.45) is 5.41 Å². The fourth-order valence-corrected chi connectivity index (χ4v) is 2.24. The van der Waals surface area contributed by atoms with Crippen LogP contribution >= 0.6 is 0 Å². The van der Waals surface area contributed by atoms with Crippen LogP contribution in [0, 0.1) is 20.7 Å². The van der Waals surface area contributed by atoms with Crippen LogP contribution in [-0.4, -0.2) is 16.0 Å². The molecule has 2 aromatic carbocycles. The van der Waals surface area contributed by atoms with E-state index in [0.717, 1.165) is 5.52 Å². The second-order valence-electron chi connectivity index (χ2n) is 6.70. The summed E-state index contributed by atoms with van der Waals surface area (Å²) >= 11 is 0. The van der Waals surface area contributed by atoms with Gasteiger partial charge in [-0.3, -0.25) is 4.98 Å². The number of nitrogens with two attached hydrogens (primary N) is 2. The number of para-hydroxylation sites is 1. The summed E-state index contributed by atoms with van der Waals surface area (Å²) in [5, 5.41) is 28.4. The molecule has 1 aromatic heterocycles. The predicted molar refractivity (Wildman–Crippen MR) is 109 cm³/mol. The number of carbonyl (C=O) groups excluding carboxylic acids is 1. The summed E-state index contributed by atoms with van der Waals surface area (Å²) in [6.45, 7) is 5.59. The molecule has 0 unspecified atom stereocenters. The van der Waals surface area contributed by atoms with Crippen LogP contribution in [0.3, 0.4) is 0 Å². The van der Waals surface area contributed by atoms with Gasteiger partial charge in [-0.2, -0.15) is 0 Å². The van der Waals surface area contributed by atoms with Crippen LogP contribution in [0.5, 0.6) is 0 Å². The Morgan fingerprint density at radius 3 is 1.86 bits per heavy atom. The van der Waals surface area contributed by atoms with Crippen molar-refractivity contribution in [3.8, 4) is 0 Å². The van der Waals surface area contributed by atoms with E-state index in [-0.39, 0.29) is 45.2 Å². The van der Waals surface area contributed by atoms with E-state index < -0.39 is 11.1 Å². The zero-order valence-corrected chi connectivity index (χ0v) is 18.6. The first-order valence-electron chi connectivity index (χ1n) is 7.84. The first kappa shape index (κ1) is 31.1. The Morgan fingerprint density at radius 2 is 1.41 bits per heavy atom. The molecule has 0 radical (unpaired) electrons. The Labute approximate surface area is 183 Å². The first-order valence-corrected chi connectivity index (χ1v) is 7.84. The summed E-state index contributed by atoms with van der Waals surface area (Å²) in [6.07, 6.45) is 2.06. The molecule has 160 valence electrons. The number of hydrogen-bond acceptors (Lipinski definition) is 6. The summed E-state index contributed by atoms with van der Waals surface area (Å²) in [4.78, 5) is 22.6. The Balaban J connectivity index is -0.000000395. The minimum Gasteiger partial charge on any atom is -0.693 e.